The maximum absolute atomic E-state index is 11.4. The zero-order valence-electron chi connectivity index (χ0n) is 16.7. The van der Waals surface area contributed by atoms with Crippen molar-refractivity contribution < 1.29 is 13.2 Å². The molecule has 0 aromatic heterocycles. The van der Waals surface area contributed by atoms with Crippen LogP contribution in [0.5, 0.6) is 0 Å². The van der Waals surface area contributed by atoms with Crippen LogP contribution in [0.15, 0.2) is 53.4 Å². The Morgan fingerprint density at radius 3 is 2.59 bits per heavy atom. The summed E-state index contributed by atoms with van der Waals surface area (Å²) in [5, 5.41) is 5.19. The molecule has 6 nitrogen and oxygen atoms in total. The maximum atomic E-state index is 11.4. The molecule has 0 aliphatic carbocycles. The highest BCUT2D eigenvalue weighted by Gasteiger charge is 2.22. The normalized spacial score (nSPS) is 20.9. The van der Waals surface area contributed by atoms with Gasteiger partial charge in [-0.2, -0.15) is 0 Å². The van der Waals surface area contributed by atoms with Gasteiger partial charge in [0.25, 0.3) is 0 Å². The highest BCUT2D eigenvalue weighted by molar-refractivity contribution is 7.89. The van der Waals surface area contributed by atoms with Crippen LogP contribution in [0, 0.1) is 0 Å². The monoisotopic (exact) mass is 415 g/mol. The lowest BCUT2D eigenvalue weighted by Crippen LogP contribution is -2.32. The molecule has 0 bridgehead atoms. The molecular weight excluding hydrogens is 386 g/mol. The first-order valence-corrected chi connectivity index (χ1v) is 11.8. The molecule has 2 aliphatic rings. The summed E-state index contributed by atoms with van der Waals surface area (Å²) >= 11 is 0. The topological polar surface area (TPSA) is 75.9 Å². The van der Waals surface area contributed by atoms with Gasteiger partial charge in [0.2, 0.25) is 10.0 Å². The summed E-state index contributed by atoms with van der Waals surface area (Å²) in [5.74, 6) is 0. The van der Waals surface area contributed by atoms with E-state index in [-0.39, 0.29) is 11.0 Å². The second-order valence-corrected chi connectivity index (χ2v) is 9.38. The van der Waals surface area contributed by atoms with Crippen molar-refractivity contribution in [1.82, 2.24) is 4.90 Å². The molecule has 0 unspecified atom stereocenters. The van der Waals surface area contributed by atoms with E-state index in [1.165, 1.54) is 11.1 Å². The summed E-state index contributed by atoms with van der Waals surface area (Å²) in [4.78, 5) is 4.99. The van der Waals surface area contributed by atoms with E-state index in [0.717, 1.165) is 64.3 Å². The molecule has 0 spiro atoms. The van der Waals surface area contributed by atoms with Crippen molar-refractivity contribution in [3.05, 3.63) is 59.7 Å². The fraction of sp³-hybridized carbons (Fsp3) is 0.455. The molecule has 2 heterocycles. The Morgan fingerprint density at radius 2 is 1.79 bits per heavy atom. The molecule has 29 heavy (non-hydrogen) atoms. The Labute approximate surface area is 173 Å². The fourth-order valence-corrected chi connectivity index (χ4v) is 4.83. The lowest BCUT2D eigenvalue weighted by atomic mass is 9.96. The van der Waals surface area contributed by atoms with E-state index in [1.807, 2.05) is 12.1 Å². The molecule has 1 saturated heterocycles. The van der Waals surface area contributed by atoms with Crippen molar-refractivity contribution in [1.29, 1.82) is 0 Å². The number of hydrogen-bond donors (Lipinski definition) is 1. The molecule has 0 saturated carbocycles. The van der Waals surface area contributed by atoms with Gasteiger partial charge >= 0.3 is 0 Å². The second kappa shape index (κ2) is 8.83. The first-order valence-electron chi connectivity index (χ1n) is 10.3. The van der Waals surface area contributed by atoms with Gasteiger partial charge in [-0.25, -0.2) is 13.6 Å². The van der Waals surface area contributed by atoms with Crippen LogP contribution in [-0.2, 0) is 21.2 Å². The number of sulfonamides is 1. The number of primary sulfonamides is 1. The van der Waals surface area contributed by atoms with Gasteiger partial charge in [0, 0.05) is 31.9 Å². The molecule has 0 radical (unpaired) electrons. The van der Waals surface area contributed by atoms with E-state index in [1.54, 1.807) is 12.1 Å². The predicted octanol–water partition coefficient (Wildman–Crippen LogP) is 2.55. The Hall–Kier alpha value is -1.93. The van der Waals surface area contributed by atoms with Gasteiger partial charge in [-0.15, -0.1) is 0 Å². The molecule has 156 valence electrons. The largest absolute Gasteiger partial charge is 0.373 e. The van der Waals surface area contributed by atoms with Crippen LogP contribution in [0.4, 0.5) is 5.69 Å². The van der Waals surface area contributed by atoms with Crippen molar-refractivity contribution >= 4 is 15.7 Å². The number of fused-ring (bicyclic) bond motifs is 1. The van der Waals surface area contributed by atoms with Crippen LogP contribution >= 0.6 is 0 Å². The Bertz CT molecular complexity index is 931. The van der Waals surface area contributed by atoms with Crippen molar-refractivity contribution in [3.63, 3.8) is 0 Å². The van der Waals surface area contributed by atoms with Crippen LogP contribution < -0.4 is 10.0 Å². The molecule has 2 aliphatic heterocycles. The van der Waals surface area contributed by atoms with Crippen molar-refractivity contribution in [2.75, 3.05) is 44.2 Å². The summed E-state index contributed by atoms with van der Waals surface area (Å²) < 4.78 is 28.9. The number of anilines is 1. The number of nitrogens with zero attached hydrogens (tertiary/aromatic N) is 2. The Morgan fingerprint density at radius 1 is 1.00 bits per heavy atom. The molecule has 7 heteroatoms. The molecular formula is C22H29N3O3S. The first kappa shape index (κ1) is 20.3. The minimum Gasteiger partial charge on any atom is -0.373 e. The zero-order valence-corrected chi connectivity index (χ0v) is 17.5. The van der Waals surface area contributed by atoms with Gasteiger partial charge < -0.3 is 14.5 Å². The Balaban J connectivity index is 1.33. The zero-order chi connectivity index (χ0) is 20.3. The highest BCUT2D eigenvalue weighted by atomic mass is 32.2. The van der Waals surface area contributed by atoms with Gasteiger partial charge in [-0.3, -0.25) is 0 Å². The van der Waals surface area contributed by atoms with Crippen LogP contribution in [0.3, 0.4) is 0 Å². The molecule has 2 N–H and O–H groups in total. The van der Waals surface area contributed by atoms with Gasteiger partial charge in [0.1, 0.15) is 0 Å². The van der Waals surface area contributed by atoms with Crippen molar-refractivity contribution in [2.24, 2.45) is 5.14 Å². The quantitative estimate of drug-likeness (QED) is 0.812. The van der Waals surface area contributed by atoms with E-state index >= 15 is 0 Å². The smallest absolute Gasteiger partial charge is 0.238 e. The van der Waals surface area contributed by atoms with Crippen LogP contribution in [-0.4, -0.2) is 52.6 Å². The van der Waals surface area contributed by atoms with Gasteiger partial charge in [-0.1, -0.05) is 24.3 Å². The average Bonchev–Trinajstić information content (AvgIpc) is 2.97. The predicted molar refractivity (Wildman–Crippen MR) is 115 cm³/mol. The fourth-order valence-electron chi connectivity index (χ4n) is 4.31. The maximum Gasteiger partial charge on any atom is 0.238 e. The van der Waals surface area contributed by atoms with Gasteiger partial charge in [0.05, 0.1) is 17.6 Å². The van der Waals surface area contributed by atoms with Gasteiger partial charge in [-0.05, 0) is 61.2 Å². The molecule has 4 rings (SSSR count). The second-order valence-electron chi connectivity index (χ2n) is 7.82. The molecule has 1 atom stereocenters. The van der Waals surface area contributed by atoms with E-state index in [0.29, 0.717) is 0 Å². The molecule has 1 fully saturated rings. The van der Waals surface area contributed by atoms with E-state index in [4.69, 9.17) is 9.88 Å². The lowest BCUT2D eigenvalue weighted by Gasteiger charge is -2.29. The lowest BCUT2D eigenvalue weighted by molar-refractivity contribution is 0.0297. The number of nitrogens with two attached hydrogens (primary N) is 1. The number of benzene rings is 2. The third-order valence-corrected chi connectivity index (χ3v) is 6.85. The van der Waals surface area contributed by atoms with Crippen molar-refractivity contribution in [3.8, 4) is 0 Å². The average molecular weight is 416 g/mol. The third-order valence-electron chi connectivity index (χ3n) is 5.92. The van der Waals surface area contributed by atoms with E-state index < -0.39 is 10.0 Å². The third kappa shape index (κ3) is 4.98. The summed E-state index contributed by atoms with van der Waals surface area (Å²) in [6, 6.07) is 15.5. The summed E-state index contributed by atoms with van der Waals surface area (Å²) in [7, 11) is -3.64. The van der Waals surface area contributed by atoms with Crippen molar-refractivity contribution in [2.45, 2.75) is 30.3 Å². The minimum absolute atomic E-state index is 0.158. The highest BCUT2D eigenvalue weighted by Crippen LogP contribution is 2.29. The minimum atomic E-state index is -3.64. The van der Waals surface area contributed by atoms with Crippen LogP contribution in [0.1, 0.15) is 30.1 Å². The van der Waals surface area contributed by atoms with E-state index in [2.05, 4.69) is 34.1 Å². The molecule has 2 aromatic carbocycles. The summed E-state index contributed by atoms with van der Waals surface area (Å²) in [5.41, 5.74) is 3.82. The van der Waals surface area contributed by atoms with E-state index in [9.17, 15) is 8.42 Å². The SMILES string of the molecule is NS(=O)(=O)c1ccc(N2CCCN(CC[C@@H]3OCCc4ccccc43)CC2)cc1. The summed E-state index contributed by atoms with van der Waals surface area (Å²) in [6.07, 6.45) is 3.30. The molecule has 0 amide bonds. The summed E-state index contributed by atoms with van der Waals surface area (Å²) in [6.45, 7) is 5.79. The number of hydrogen-bond acceptors (Lipinski definition) is 5. The van der Waals surface area contributed by atoms with Crippen LogP contribution in [0.25, 0.3) is 0 Å². The number of rotatable bonds is 5. The molecule has 2 aromatic rings. The standard InChI is InChI=1S/C22H29N3O3S/c23-29(26,27)20-8-6-19(7-9-20)25-13-3-12-24(15-16-25)14-10-22-21-5-2-1-4-18(21)11-17-28-22/h1-2,4-9,22H,3,10-17H2,(H2,23,26,27)/t22-/m0/s1. The van der Waals surface area contributed by atoms with Crippen LogP contribution in [0.2, 0.25) is 0 Å². The van der Waals surface area contributed by atoms with Gasteiger partial charge in [0.15, 0.2) is 0 Å². The number of ether oxygens (including phenoxy) is 1. The first-order chi connectivity index (χ1) is 14.0. The Kier molecular flexibility index (Phi) is 6.20.